The molecule has 0 heterocycles. The molecular formula is C20H17NO2. The smallest absolute Gasteiger partial charge is 0.330 e. The second-order valence-electron chi connectivity index (χ2n) is 5.27. The van der Waals surface area contributed by atoms with Crippen molar-refractivity contribution in [3.63, 3.8) is 0 Å². The van der Waals surface area contributed by atoms with Crippen molar-refractivity contribution < 1.29 is 9.90 Å². The summed E-state index contributed by atoms with van der Waals surface area (Å²) in [4.78, 5) is 11.2. The van der Waals surface area contributed by atoms with Gasteiger partial charge in [-0.05, 0) is 28.1 Å². The maximum Gasteiger partial charge on any atom is 0.330 e. The van der Waals surface area contributed by atoms with Crippen molar-refractivity contribution in [3.05, 3.63) is 101 Å². The van der Waals surface area contributed by atoms with Gasteiger partial charge < -0.3 is 10.4 Å². The zero-order chi connectivity index (χ0) is 16.1. The number of anilines is 1. The molecular weight excluding hydrogens is 286 g/mol. The Labute approximate surface area is 134 Å². The number of aliphatic carboxylic acids is 1. The zero-order valence-corrected chi connectivity index (χ0v) is 12.5. The van der Waals surface area contributed by atoms with Crippen LogP contribution in [0.4, 0.5) is 5.69 Å². The van der Waals surface area contributed by atoms with E-state index in [9.17, 15) is 9.90 Å². The monoisotopic (exact) mass is 303 g/mol. The summed E-state index contributed by atoms with van der Waals surface area (Å²) in [5.74, 6) is -0.889. The highest BCUT2D eigenvalue weighted by molar-refractivity contribution is 5.79. The van der Waals surface area contributed by atoms with Gasteiger partial charge in [-0.25, -0.2) is 4.79 Å². The van der Waals surface area contributed by atoms with Crippen LogP contribution in [0.5, 0.6) is 0 Å². The van der Waals surface area contributed by atoms with Crippen LogP contribution in [0, 0.1) is 10.4 Å². The molecule has 1 unspecified atom stereocenters. The first-order valence-corrected chi connectivity index (χ1v) is 7.44. The maximum atomic E-state index is 11.2. The standard InChI is InChI=1S/C14H13NO2.C6H4/c16-14(17)13(11-7-3-1-4-8-11)15-12-9-5-2-6-10-12;1-2-6-4-3-5(1)6/h1-10,13,15H,(H,16,17);1-4H. The maximum absolute atomic E-state index is 11.2. The second kappa shape index (κ2) is 6.79. The van der Waals surface area contributed by atoms with Crippen LogP contribution in [0.2, 0.25) is 0 Å². The van der Waals surface area contributed by atoms with Crippen LogP contribution in [0.1, 0.15) is 11.6 Å². The number of nitrogens with one attached hydrogen (secondary N) is 1. The molecule has 23 heavy (non-hydrogen) atoms. The van der Waals surface area contributed by atoms with Crippen LogP contribution < -0.4 is 5.32 Å². The molecule has 3 nitrogen and oxygen atoms in total. The molecule has 3 heteroatoms. The van der Waals surface area contributed by atoms with E-state index in [1.54, 1.807) is 12.1 Å². The van der Waals surface area contributed by atoms with Gasteiger partial charge >= 0.3 is 5.97 Å². The highest BCUT2D eigenvalue weighted by atomic mass is 16.4. The molecule has 0 radical (unpaired) electrons. The molecule has 0 aromatic heterocycles. The number of carboxylic acid groups (broad SMARTS) is 1. The minimum Gasteiger partial charge on any atom is -0.479 e. The summed E-state index contributed by atoms with van der Waals surface area (Å²) < 4.78 is 0. The molecule has 0 saturated heterocycles. The van der Waals surface area contributed by atoms with Crippen molar-refractivity contribution in [2.45, 2.75) is 6.04 Å². The lowest BCUT2D eigenvalue weighted by Crippen LogP contribution is -2.20. The molecule has 0 spiro atoms. The molecule has 2 N–H and O–H groups in total. The lowest BCUT2D eigenvalue weighted by Gasteiger charge is -2.15. The van der Waals surface area contributed by atoms with Gasteiger partial charge in [0.15, 0.2) is 6.04 Å². The van der Waals surface area contributed by atoms with Gasteiger partial charge in [-0.3, -0.25) is 0 Å². The average molecular weight is 303 g/mol. The number of rotatable bonds is 4. The Morgan fingerprint density at radius 3 is 1.61 bits per heavy atom. The first-order valence-electron chi connectivity index (χ1n) is 7.44. The lowest BCUT2D eigenvalue weighted by molar-refractivity contribution is -0.138. The van der Waals surface area contributed by atoms with Crippen molar-refractivity contribution in [1.82, 2.24) is 0 Å². The largest absolute Gasteiger partial charge is 0.479 e. The van der Waals surface area contributed by atoms with Crippen LogP contribution in [-0.2, 0) is 4.79 Å². The highest BCUT2D eigenvalue weighted by Gasteiger charge is 2.18. The average Bonchev–Trinajstić information content (AvgIpc) is 2.58. The van der Waals surface area contributed by atoms with E-state index in [4.69, 9.17) is 0 Å². The van der Waals surface area contributed by atoms with Crippen LogP contribution in [0.3, 0.4) is 0 Å². The normalized spacial score (nSPS) is 11.7. The molecule has 0 amide bonds. The summed E-state index contributed by atoms with van der Waals surface area (Å²) in [6.07, 6.45) is 0. The molecule has 1 atom stereocenters. The number of hydrogen-bond acceptors (Lipinski definition) is 2. The van der Waals surface area contributed by atoms with Gasteiger partial charge in [0.05, 0.1) is 0 Å². The molecule has 2 aliphatic carbocycles. The van der Waals surface area contributed by atoms with E-state index in [-0.39, 0.29) is 0 Å². The van der Waals surface area contributed by atoms with Gasteiger partial charge in [-0.2, -0.15) is 0 Å². The fourth-order valence-corrected chi connectivity index (χ4v) is 2.30. The number of carbonyl (C=O) groups is 1. The zero-order valence-electron chi connectivity index (χ0n) is 12.5. The molecule has 4 rings (SSSR count). The predicted octanol–water partition coefficient (Wildman–Crippen LogP) is 4.21. The van der Waals surface area contributed by atoms with Crippen LogP contribution in [0.25, 0.3) is 0 Å². The van der Waals surface area contributed by atoms with Crippen LogP contribution in [-0.4, -0.2) is 11.1 Å². The third-order valence-electron chi connectivity index (χ3n) is 3.68. The van der Waals surface area contributed by atoms with E-state index in [1.807, 2.05) is 48.5 Å². The topological polar surface area (TPSA) is 49.3 Å². The van der Waals surface area contributed by atoms with Crippen molar-refractivity contribution >= 4 is 11.7 Å². The highest BCUT2D eigenvalue weighted by Crippen LogP contribution is 2.19. The predicted molar refractivity (Wildman–Crippen MR) is 91.0 cm³/mol. The Bertz CT molecular complexity index is 826. The van der Waals surface area contributed by atoms with Gasteiger partial charge in [-0.1, -0.05) is 72.8 Å². The first kappa shape index (κ1) is 14.9. The van der Waals surface area contributed by atoms with E-state index >= 15 is 0 Å². The molecule has 2 aromatic carbocycles. The molecule has 114 valence electrons. The van der Waals surface area contributed by atoms with E-state index in [2.05, 4.69) is 29.6 Å². The van der Waals surface area contributed by atoms with Crippen LogP contribution in [0.15, 0.2) is 84.9 Å². The summed E-state index contributed by atoms with van der Waals surface area (Å²) in [6, 6.07) is 26.2. The summed E-state index contributed by atoms with van der Waals surface area (Å²) in [5, 5.41) is 15.1. The minimum absolute atomic E-state index is 0.724. The lowest BCUT2D eigenvalue weighted by atomic mass is 10.1. The van der Waals surface area contributed by atoms with Gasteiger partial charge in [0.25, 0.3) is 0 Å². The number of hydrogen-bond donors (Lipinski definition) is 2. The summed E-state index contributed by atoms with van der Waals surface area (Å²) in [7, 11) is 0. The Balaban J connectivity index is 0.000000213. The van der Waals surface area contributed by atoms with Gasteiger partial charge in [0.1, 0.15) is 0 Å². The first-order chi connectivity index (χ1) is 11.2. The number of para-hydroxylation sites is 1. The number of carboxylic acids is 1. The quantitative estimate of drug-likeness (QED) is 0.593. The Morgan fingerprint density at radius 2 is 1.22 bits per heavy atom. The van der Waals surface area contributed by atoms with Gasteiger partial charge in [-0.15, -0.1) is 0 Å². The summed E-state index contributed by atoms with van der Waals surface area (Å²) in [5.41, 5.74) is 1.53. The summed E-state index contributed by atoms with van der Waals surface area (Å²) >= 11 is 0. The molecule has 0 bridgehead atoms. The third-order valence-corrected chi connectivity index (χ3v) is 3.68. The Hall–Kier alpha value is -3.07. The fourth-order valence-electron chi connectivity index (χ4n) is 2.30. The van der Waals surface area contributed by atoms with Crippen LogP contribution >= 0.6 is 0 Å². The van der Waals surface area contributed by atoms with Gasteiger partial charge in [0, 0.05) is 5.69 Å². The minimum atomic E-state index is -0.889. The fraction of sp³-hybridized carbons (Fsp3) is 0.0500. The van der Waals surface area contributed by atoms with Crippen molar-refractivity contribution in [2.75, 3.05) is 5.32 Å². The van der Waals surface area contributed by atoms with Gasteiger partial charge in [0.2, 0.25) is 0 Å². The summed E-state index contributed by atoms with van der Waals surface area (Å²) in [6.45, 7) is 0. The van der Waals surface area contributed by atoms with E-state index < -0.39 is 12.0 Å². The van der Waals surface area contributed by atoms with E-state index in [0.29, 0.717) is 0 Å². The molecule has 0 saturated carbocycles. The molecule has 0 fully saturated rings. The second-order valence-corrected chi connectivity index (χ2v) is 5.27. The SMILES string of the molecule is O=C(O)C(Nc1ccccc1)c1ccccc1.c1cc2ccc1=2. The Morgan fingerprint density at radius 1 is 0.739 bits per heavy atom. The van der Waals surface area contributed by atoms with Crippen molar-refractivity contribution in [2.24, 2.45) is 0 Å². The Kier molecular flexibility index (Phi) is 4.39. The van der Waals surface area contributed by atoms with E-state index in [1.165, 1.54) is 10.4 Å². The molecule has 0 aliphatic heterocycles. The van der Waals surface area contributed by atoms with Crippen molar-refractivity contribution in [1.29, 1.82) is 0 Å². The molecule has 2 aliphatic rings. The number of benzene rings is 3. The third kappa shape index (κ3) is 3.58. The van der Waals surface area contributed by atoms with E-state index in [0.717, 1.165) is 11.3 Å². The molecule has 2 aromatic rings. The van der Waals surface area contributed by atoms with Crippen molar-refractivity contribution in [3.8, 4) is 0 Å².